The number of hydrogen-bond donors (Lipinski definition) is 1. The summed E-state index contributed by atoms with van der Waals surface area (Å²) in [6.07, 6.45) is 0. The average molecular weight is 188 g/mol. The highest BCUT2D eigenvalue weighted by atomic mass is 35.5. The lowest BCUT2D eigenvalue weighted by molar-refractivity contribution is 1.09. The predicted molar refractivity (Wildman–Crippen MR) is 52.7 cm³/mol. The van der Waals surface area contributed by atoms with Crippen molar-refractivity contribution >= 4 is 17.5 Å². The van der Waals surface area contributed by atoms with Crippen LogP contribution < -0.4 is 5.32 Å². The molecule has 0 aromatic carbocycles. The number of halogens is 1. The lowest BCUT2D eigenvalue weighted by Gasteiger charge is -1.98. The van der Waals surface area contributed by atoms with Crippen molar-refractivity contribution in [2.24, 2.45) is 0 Å². The Morgan fingerprint density at radius 2 is 1.92 bits per heavy atom. The van der Waals surface area contributed by atoms with Gasteiger partial charge >= 0.3 is 0 Å². The number of aromatic nitrogens is 2. The van der Waals surface area contributed by atoms with Crippen molar-refractivity contribution in [2.75, 3.05) is 12.4 Å². The van der Waals surface area contributed by atoms with Crippen molar-refractivity contribution < 1.29 is 0 Å². The maximum atomic E-state index is 5.64. The molecule has 1 N–H and O–H groups in total. The van der Waals surface area contributed by atoms with Gasteiger partial charge in [0.25, 0.3) is 0 Å². The zero-order valence-electron chi connectivity index (χ0n) is 7.85. The van der Waals surface area contributed by atoms with Crippen LogP contribution in [0.3, 0.4) is 0 Å². The second-order valence-electron chi connectivity index (χ2n) is 1.91. The van der Waals surface area contributed by atoms with Crippen molar-refractivity contribution in [2.45, 2.75) is 20.8 Å². The minimum absolute atomic E-state index is 0.469. The smallest absolute Gasteiger partial charge is 0.224 e. The van der Waals surface area contributed by atoms with Crippen LogP contribution in [0.4, 0.5) is 5.95 Å². The Morgan fingerprint density at radius 3 is 2.33 bits per heavy atom. The number of rotatable bonds is 1. The van der Waals surface area contributed by atoms with E-state index in [2.05, 4.69) is 15.3 Å². The molecule has 0 saturated carbocycles. The van der Waals surface area contributed by atoms with Gasteiger partial charge in [0.15, 0.2) is 0 Å². The normalized spacial score (nSPS) is 8.42. The fraction of sp³-hybridized carbons (Fsp3) is 0.500. The molecule has 1 aromatic heterocycles. The molecular weight excluding hydrogens is 174 g/mol. The summed E-state index contributed by atoms with van der Waals surface area (Å²) < 4.78 is 0. The number of nitrogens with one attached hydrogen (secondary N) is 1. The van der Waals surface area contributed by atoms with Gasteiger partial charge in [0.1, 0.15) is 5.15 Å². The molecular formula is C8H14ClN3. The van der Waals surface area contributed by atoms with Crippen LogP contribution in [-0.4, -0.2) is 17.0 Å². The molecule has 0 amide bonds. The molecule has 4 heteroatoms. The van der Waals surface area contributed by atoms with Crippen LogP contribution in [-0.2, 0) is 0 Å². The molecule has 1 rings (SSSR count). The molecule has 0 fully saturated rings. The first kappa shape index (κ1) is 11.2. The fourth-order valence-electron chi connectivity index (χ4n) is 0.642. The van der Waals surface area contributed by atoms with Crippen LogP contribution in [0.2, 0.25) is 5.15 Å². The number of nitrogens with zero attached hydrogens (tertiary/aromatic N) is 2. The topological polar surface area (TPSA) is 37.8 Å². The first-order valence-corrected chi connectivity index (χ1v) is 4.29. The van der Waals surface area contributed by atoms with E-state index in [0.29, 0.717) is 11.1 Å². The Morgan fingerprint density at radius 1 is 1.33 bits per heavy atom. The van der Waals surface area contributed by atoms with Crippen LogP contribution in [0.1, 0.15) is 19.5 Å². The SMILES string of the molecule is CC.CNc1nc(C)cc(Cl)n1. The van der Waals surface area contributed by atoms with E-state index >= 15 is 0 Å². The van der Waals surface area contributed by atoms with E-state index in [1.807, 2.05) is 20.8 Å². The molecule has 0 aliphatic carbocycles. The summed E-state index contributed by atoms with van der Waals surface area (Å²) in [5.74, 6) is 0.560. The van der Waals surface area contributed by atoms with Crippen molar-refractivity contribution in [3.8, 4) is 0 Å². The Hall–Kier alpha value is -0.830. The van der Waals surface area contributed by atoms with E-state index in [1.165, 1.54) is 0 Å². The third-order valence-corrected chi connectivity index (χ3v) is 1.24. The summed E-state index contributed by atoms with van der Waals surface area (Å²) in [5, 5.41) is 3.27. The van der Waals surface area contributed by atoms with E-state index in [4.69, 9.17) is 11.6 Å². The number of aryl methyl sites for hydroxylation is 1. The highest BCUT2D eigenvalue weighted by molar-refractivity contribution is 6.29. The zero-order chi connectivity index (χ0) is 9.56. The summed E-state index contributed by atoms with van der Waals surface area (Å²) in [5.41, 5.74) is 0.865. The molecule has 12 heavy (non-hydrogen) atoms. The maximum absolute atomic E-state index is 5.64. The summed E-state index contributed by atoms with van der Waals surface area (Å²) in [7, 11) is 1.76. The molecule has 0 spiro atoms. The van der Waals surface area contributed by atoms with Gasteiger partial charge in [0.05, 0.1) is 0 Å². The monoisotopic (exact) mass is 187 g/mol. The molecule has 1 heterocycles. The third kappa shape index (κ3) is 3.53. The van der Waals surface area contributed by atoms with Gasteiger partial charge in [-0.2, -0.15) is 0 Å². The van der Waals surface area contributed by atoms with Gasteiger partial charge in [0, 0.05) is 12.7 Å². The predicted octanol–water partition coefficient (Wildman–Crippen LogP) is 2.51. The summed E-state index contributed by atoms with van der Waals surface area (Å²) in [6, 6.07) is 1.71. The van der Waals surface area contributed by atoms with Crippen molar-refractivity contribution in [1.29, 1.82) is 0 Å². The summed E-state index contributed by atoms with van der Waals surface area (Å²) >= 11 is 5.64. The Bertz CT molecular complexity index is 217. The van der Waals surface area contributed by atoms with Crippen molar-refractivity contribution in [3.63, 3.8) is 0 Å². The lowest BCUT2D eigenvalue weighted by atomic mass is 10.5. The molecule has 0 unspecified atom stereocenters. The fourth-order valence-corrected chi connectivity index (χ4v) is 0.880. The molecule has 0 atom stereocenters. The number of anilines is 1. The van der Waals surface area contributed by atoms with Crippen LogP contribution in [0.5, 0.6) is 0 Å². The maximum Gasteiger partial charge on any atom is 0.224 e. The Kier molecular flexibility index (Phi) is 5.37. The van der Waals surface area contributed by atoms with E-state index < -0.39 is 0 Å². The second kappa shape index (κ2) is 5.77. The summed E-state index contributed by atoms with van der Waals surface area (Å²) in [4.78, 5) is 7.94. The molecule has 0 saturated heterocycles. The second-order valence-corrected chi connectivity index (χ2v) is 2.29. The van der Waals surface area contributed by atoms with Gasteiger partial charge < -0.3 is 5.32 Å². The van der Waals surface area contributed by atoms with Crippen LogP contribution in [0, 0.1) is 6.92 Å². The zero-order valence-corrected chi connectivity index (χ0v) is 8.61. The van der Waals surface area contributed by atoms with Crippen molar-refractivity contribution in [3.05, 3.63) is 16.9 Å². The summed E-state index contributed by atoms with van der Waals surface area (Å²) in [6.45, 7) is 5.87. The highest BCUT2D eigenvalue weighted by Crippen LogP contribution is 2.08. The largest absolute Gasteiger partial charge is 0.357 e. The van der Waals surface area contributed by atoms with Crippen LogP contribution in [0.15, 0.2) is 6.07 Å². The quantitative estimate of drug-likeness (QED) is 0.687. The number of hydrogen-bond acceptors (Lipinski definition) is 3. The minimum Gasteiger partial charge on any atom is -0.357 e. The van der Waals surface area contributed by atoms with Crippen LogP contribution >= 0.6 is 11.6 Å². The Balaban J connectivity index is 0.000000561. The Labute approximate surface area is 78.2 Å². The molecule has 0 bridgehead atoms. The highest BCUT2D eigenvalue weighted by Gasteiger charge is 1.95. The molecule has 0 aliphatic heterocycles. The lowest BCUT2D eigenvalue weighted by Crippen LogP contribution is -1.97. The van der Waals surface area contributed by atoms with Gasteiger partial charge in [-0.3, -0.25) is 0 Å². The molecule has 0 aliphatic rings. The van der Waals surface area contributed by atoms with E-state index in [-0.39, 0.29) is 0 Å². The minimum atomic E-state index is 0.469. The molecule has 1 aromatic rings. The van der Waals surface area contributed by atoms with Gasteiger partial charge in [-0.05, 0) is 13.0 Å². The van der Waals surface area contributed by atoms with E-state index in [1.54, 1.807) is 13.1 Å². The average Bonchev–Trinajstić information content (AvgIpc) is 2.06. The molecule has 68 valence electrons. The molecule has 0 radical (unpaired) electrons. The first-order valence-electron chi connectivity index (χ1n) is 3.91. The van der Waals surface area contributed by atoms with Gasteiger partial charge in [0.2, 0.25) is 5.95 Å². The van der Waals surface area contributed by atoms with E-state index in [9.17, 15) is 0 Å². The van der Waals surface area contributed by atoms with Gasteiger partial charge in [-0.15, -0.1) is 0 Å². The van der Waals surface area contributed by atoms with Gasteiger partial charge in [-0.25, -0.2) is 9.97 Å². The standard InChI is InChI=1S/C6H8ClN3.C2H6/c1-4-3-5(7)10-6(8-2)9-4;1-2/h3H,1-2H3,(H,8,9,10);1-2H3. The van der Waals surface area contributed by atoms with Crippen LogP contribution in [0.25, 0.3) is 0 Å². The third-order valence-electron chi connectivity index (χ3n) is 1.05. The molecule has 3 nitrogen and oxygen atoms in total. The first-order chi connectivity index (χ1) is 5.72. The van der Waals surface area contributed by atoms with E-state index in [0.717, 1.165) is 5.69 Å². The van der Waals surface area contributed by atoms with Crippen molar-refractivity contribution in [1.82, 2.24) is 9.97 Å². The van der Waals surface area contributed by atoms with Gasteiger partial charge in [-0.1, -0.05) is 25.4 Å².